The fourth-order valence-corrected chi connectivity index (χ4v) is 4.05. The van der Waals surface area contributed by atoms with Gasteiger partial charge < -0.3 is 14.6 Å². The Morgan fingerprint density at radius 3 is 2.88 bits per heavy atom. The van der Waals surface area contributed by atoms with Crippen molar-refractivity contribution in [1.82, 2.24) is 15.3 Å². The number of anilines is 1. The van der Waals surface area contributed by atoms with E-state index in [1.807, 2.05) is 6.07 Å². The highest BCUT2D eigenvalue weighted by Crippen LogP contribution is 2.37. The largest absolute Gasteiger partial charge is 0.459 e. The van der Waals surface area contributed by atoms with Gasteiger partial charge in [-0.15, -0.1) is 0 Å². The van der Waals surface area contributed by atoms with E-state index >= 15 is 0 Å². The summed E-state index contributed by atoms with van der Waals surface area (Å²) < 4.78 is 5.70. The summed E-state index contributed by atoms with van der Waals surface area (Å²) in [4.78, 5) is 11.2. The standard InChI is InChI=1S/C20H24N4O/c1-15-8-10-21-13-20(15,12-16-6-4-3-5-7-16)24(2)19-18-17(9-11-25-18)22-14-23-19/h3-7,9,11,14-15,21H,8,10,12-13H2,1-2H3/t15-,20+/m1/s1. The number of hydrogen-bond donors (Lipinski definition) is 1. The molecule has 0 bridgehead atoms. The smallest absolute Gasteiger partial charge is 0.194 e. The average molecular weight is 336 g/mol. The highest BCUT2D eigenvalue weighted by Gasteiger charge is 2.43. The minimum atomic E-state index is -0.0618. The van der Waals surface area contributed by atoms with Gasteiger partial charge in [0.25, 0.3) is 0 Å². The van der Waals surface area contributed by atoms with Crippen LogP contribution in [0.15, 0.2) is 53.4 Å². The third-order valence-electron chi connectivity index (χ3n) is 5.67. The second-order valence-corrected chi connectivity index (χ2v) is 7.02. The van der Waals surface area contributed by atoms with E-state index in [-0.39, 0.29) is 5.54 Å². The number of aromatic nitrogens is 2. The van der Waals surface area contributed by atoms with Gasteiger partial charge in [-0.1, -0.05) is 37.3 Å². The number of hydrogen-bond acceptors (Lipinski definition) is 5. The van der Waals surface area contributed by atoms with E-state index < -0.39 is 0 Å². The molecule has 1 aliphatic heterocycles. The van der Waals surface area contributed by atoms with Crippen LogP contribution in [-0.2, 0) is 6.42 Å². The molecule has 1 aliphatic rings. The van der Waals surface area contributed by atoms with Crippen molar-refractivity contribution in [2.45, 2.75) is 25.3 Å². The van der Waals surface area contributed by atoms with Crippen LogP contribution in [0, 0.1) is 5.92 Å². The van der Waals surface area contributed by atoms with Crippen molar-refractivity contribution in [3.8, 4) is 0 Å². The molecule has 130 valence electrons. The van der Waals surface area contributed by atoms with Gasteiger partial charge in [0, 0.05) is 19.7 Å². The normalized spacial score (nSPS) is 23.7. The van der Waals surface area contributed by atoms with Crippen molar-refractivity contribution in [2.75, 3.05) is 25.0 Å². The zero-order valence-corrected chi connectivity index (χ0v) is 14.8. The Morgan fingerprint density at radius 2 is 2.08 bits per heavy atom. The zero-order chi connectivity index (χ0) is 17.3. The monoisotopic (exact) mass is 336 g/mol. The summed E-state index contributed by atoms with van der Waals surface area (Å²) in [6.07, 6.45) is 5.41. The van der Waals surface area contributed by atoms with Gasteiger partial charge in [0.15, 0.2) is 11.4 Å². The van der Waals surface area contributed by atoms with Crippen LogP contribution < -0.4 is 10.2 Å². The lowest BCUT2D eigenvalue weighted by molar-refractivity contribution is 0.211. The summed E-state index contributed by atoms with van der Waals surface area (Å²) in [6.45, 7) is 4.33. The maximum absolute atomic E-state index is 5.70. The Labute approximate surface area is 148 Å². The minimum Gasteiger partial charge on any atom is -0.459 e. The quantitative estimate of drug-likeness (QED) is 0.792. The van der Waals surface area contributed by atoms with Gasteiger partial charge in [0.05, 0.1) is 11.8 Å². The topological polar surface area (TPSA) is 54.2 Å². The van der Waals surface area contributed by atoms with Gasteiger partial charge in [0.2, 0.25) is 0 Å². The summed E-state index contributed by atoms with van der Waals surface area (Å²) in [5.41, 5.74) is 2.89. The van der Waals surface area contributed by atoms with Gasteiger partial charge in [-0.25, -0.2) is 9.97 Å². The highest BCUT2D eigenvalue weighted by atomic mass is 16.3. The van der Waals surface area contributed by atoms with E-state index in [0.29, 0.717) is 5.92 Å². The fraction of sp³-hybridized carbons (Fsp3) is 0.400. The van der Waals surface area contributed by atoms with Crippen molar-refractivity contribution >= 4 is 16.9 Å². The molecule has 0 unspecified atom stereocenters. The Balaban J connectivity index is 1.78. The number of fused-ring (bicyclic) bond motifs is 1. The van der Waals surface area contributed by atoms with Crippen molar-refractivity contribution < 1.29 is 4.42 Å². The molecular formula is C20H24N4O. The van der Waals surface area contributed by atoms with Crippen LogP contribution in [0.3, 0.4) is 0 Å². The SMILES string of the molecule is C[C@@H]1CCNC[C@]1(Cc1ccccc1)N(C)c1ncnc2ccoc12. The zero-order valence-electron chi connectivity index (χ0n) is 14.8. The Kier molecular flexibility index (Phi) is 4.17. The predicted molar refractivity (Wildman–Crippen MR) is 99.7 cm³/mol. The number of rotatable bonds is 4. The molecule has 5 nitrogen and oxygen atoms in total. The van der Waals surface area contributed by atoms with Crippen LogP contribution in [0.2, 0.25) is 0 Å². The summed E-state index contributed by atoms with van der Waals surface area (Å²) in [6, 6.07) is 12.6. The first-order valence-corrected chi connectivity index (χ1v) is 8.87. The molecule has 0 saturated carbocycles. The van der Waals surface area contributed by atoms with E-state index in [1.165, 1.54) is 5.56 Å². The average Bonchev–Trinajstić information content (AvgIpc) is 3.13. The minimum absolute atomic E-state index is 0.0618. The molecule has 1 aromatic carbocycles. The van der Waals surface area contributed by atoms with Crippen molar-refractivity contribution in [3.05, 3.63) is 54.6 Å². The summed E-state index contributed by atoms with van der Waals surface area (Å²) >= 11 is 0. The molecule has 3 heterocycles. The Hall–Kier alpha value is -2.40. The molecule has 5 heteroatoms. The maximum Gasteiger partial charge on any atom is 0.194 e. The first-order valence-electron chi connectivity index (χ1n) is 8.87. The van der Waals surface area contributed by atoms with Crippen LogP contribution in [0.1, 0.15) is 18.9 Å². The molecule has 0 amide bonds. The van der Waals surface area contributed by atoms with Gasteiger partial charge in [-0.05, 0) is 30.9 Å². The highest BCUT2D eigenvalue weighted by molar-refractivity contribution is 5.84. The third kappa shape index (κ3) is 2.78. The van der Waals surface area contributed by atoms with E-state index in [4.69, 9.17) is 4.42 Å². The number of nitrogens with zero attached hydrogens (tertiary/aromatic N) is 3. The van der Waals surface area contributed by atoms with Crippen LogP contribution in [0.5, 0.6) is 0 Å². The Morgan fingerprint density at radius 1 is 1.24 bits per heavy atom. The van der Waals surface area contributed by atoms with E-state index in [0.717, 1.165) is 42.8 Å². The molecule has 3 aromatic rings. The molecule has 2 atom stereocenters. The Bertz CT molecular complexity index is 847. The van der Waals surface area contributed by atoms with Crippen molar-refractivity contribution in [2.24, 2.45) is 5.92 Å². The summed E-state index contributed by atoms with van der Waals surface area (Å²) in [5, 5.41) is 3.60. The third-order valence-corrected chi connectivity index (χ3v) is 5.67. The van der Waals surface area contributed by atoms with Crippen LogP contribution in [0.4, 0.5) is 5.82 Å². The molecule has 25 heavy (non-hydrogen) atoms. The molecule has 1 N–H and O–H groups in total. The number of piperidine rings is 1. The molecule has 1 saturated heterocycles. The molecule has 0 spiro atoms. The lowest BCUT2D eigenvalue weighted by Gasteiger charge is -2.50. The van der Waals surface area contributed by atoms with Crippen molar-refractivity contribution in [3.63, 3.8) is 0 Å². The predicted octanol–water partition coefficient (Wildman–Crippen LogP) is 3.27. The van der Waals surface area contributed by atoms with Crippen molar-refractivity contribution in [1.29, 1.82) is 0 Å². The first-order chi connectivity index (χ1) is 12.2. The summed E-state index contributed by atoms with van der Waals surface area (Å²) in [5.74, 6) is 1.39. The van der Waals surface area contributed by atoms with E-state index in [2.05, 4.69) is 64.5 Å². The molecule has 4 rings (SSSR count). The van der Waals surface area contributed by atoms with Crippen LogP contribution in [0.25, 0.3) is 11.1 Å². The fourth-order valence-electron chi connectivity index (χ4n) is 4.05. The van der Waals surface area contributed by atoms with Crippen LogP contribution >= 0.6 is 0 Å². The lowest BCUT2D eigenvalue weighted by atomic mass is 9.74. The maximum atomic E-state index is 5.70. The van der Waals surface area contributed by atoms with Gasteiger partial charge in [-0.2, -0.15) is 0 Å². The molecule has 0 radical (unpaired) electrons. The number of furan rings is 1. The molecule has 0 aliphatic carbocycles. The van der Waals surface area contributed by atoms with E-state index in [1.54, 1.807) is 12.6 Å². The number of benzene rings is 1. The lowest BCUT2D eigenvalue weighted by Crippen LogP contribution is -2.62. The van der Waals surface area contributed by atoms with Gasteiger partial charge in [-0.3, -0.25) is 0 Å². The molecule has 1 fully saturated rings. The number of nitrogens with one attached hydrogen (secondary N) is 1. The summed E-state index contributed by atoms with van der Waals surface area (Å²) in [7, 11) is 2.14. The van der Waals surface area contributed by atoms with E-state index in [9.17, 15) is 0 Å². The van der Waals surface area contributed by atoms with Crippen LogP contribution in [-0.4, -0.2) is 35.6 Å². The van der Waals surface area contributed by atoms with Gasteiger partial charge >= 0.3 is 0 Å². The first kappa shape index (κ1) is 16.1. The molecular weight excluding hydrogens is 312 g/mol. The molecule has 2 aromatic heterocycles. The number of likely N-dealkylation sites (N-methyl/N-ethyl adjacent to an activating group) is 1. The second kappa shape index (κ2) is 6.48. The second-order valence-electron chi connectivity index (χ2n) is 7.02. The van der Waals surface area contributed by atoms with Gasteiger partial charge in [0.1, 0.15) is 11.8 Å².